The van der Waals surface area contributed by atoms with Crippen LogP contribution in [0.5, 0.6) is 11.5 Å². The molecule has 0 spiro atoms. The van der Waals surface area contributed by atoms with Crippen molar-refractivity contribution in [3.63, 3.8) is 0 Å². The molecular formula is C22H17Cl3N2O3. The fraction of sp³-hybridized carbons (Fsp3) is 0.0909. The third-order valence-corrected chi connectivity index (χ3v) is 5.01. The van der Waals surface area contributed by atoms with Gasteiger partial charge in [-0.3, -0.25) is 4.79 Å². The average Bonchev–Trinajstić information content (AvgIpc) is 2.72. The second kappa shape index (κ2) is 10.3. The van der Waals surface area contributed by atoms with Gasteiger partial charge in [-0.05, 0) is 47.9 Å². The molecule has 3 aromatic rings. The van der Waals surface area contributed by atoms with E-state index in [1.807, 2.05) is 24.3 Å². The van der Waals surface area contributed by atoms with Crippen LogP contribution in [0.25, 0.3) is 0 Å². The first kappa shape index (κ1) is 22.0. The number of ether oxygens (including phenoxy) is 1. The van der Waals surface area contributed by atoms with Gasteiger partial charge in [-0.15, -0.1) is 0 Å². The van der Waals surface area contributed by atoms with Gasteiger partial charge in [-0.1, -0.05) is 59.1 Å². The molecule has 8 heteroatoms. The van der Waals surface area contributed by atoms with Gasteiger partial charge in [0.2, 0.25) is 0 Å². The molecule has 1 amide bonds. The number of phenols is 1. The first-order valence-corrected chi connectivity index (χ1v) is 10.0. The Morgan fingerprint density at radius 2 is 1.83 bits per heavy atom. The number of rotatable bonds is 7. The van der Waals surface area contributed by atoms with Crippen molar-refractivity contribution in [3.8, 4) is 11.5 Å². The van der Waals surface area contributed by atoms with Gasteiger partial charge in [0.1, 0.15) is 11.5 Å². The highest BCUT2D eigenvalue weighted by Gasteiger charge is 2.07. The van der Waals surface area contributed by atoms with E-state index in [0.717, 1.165) is 11.1 Å². The normalized spacial score (nSPS) is 10.9. The molecular weight excluding hydrogens is 447 g/mol. The van der Waals surface area contributed by atoms with Crippen LogP contribution in [0.2, 0.25) is 15.1 Å². The Hall–Kier alpha value is -2.73. The lowest BCUT2D eigenvalue weighted by atomic mass is 10.0. The maximum absolute atomic E-state index is 11.9. The summed E-state index contributed by atoms with van der Waals surface area (Å²) < 4.78 is 5.34. The molecule has 5 nitrogen and oxygen atoms in total. The van der Waals surface area contributed by atoms with Gasteiger partial charge in [-0.2, -0.15) is 5.10 Å². The molecule has 0 heterocycles. The Kier molecular flexibility index (Phi) is 7.57. The highest BCUT2D eigenvalue weighted by Crippen LogP contribution is 2.27. The smallest absolute Gasteiger partial charge is 0.277 e. The molecule has 0 atom stereocenters. The van der Waals surface area contributed by atoms with Gasteiger partial charge < -0.3 is 9.84 Å². The molecule has 30 heavy (non-hydrogen) atoms. The monoisotopic (exact) mass is 462 g/mol. The van der Waals surface area contributed by atoms with Gasteiger partial charge >= 0.3 is 0 Å². The predicted molar refractivity (Wildman–Crippen MR) is 120 cm³/mol. The molecule has 3 rings (SSSR count). The topological polar surface area (TPSA) is 70.9 Å². The Morgan fingerprint density at radius 3 is 2.63 bits per heavy atom. The molecule has 0 radical (unpaired) electrons. The molecule has 0 aliphatic heterocycles. The fourth-order valence-electron chi connectivity index (χ4n) is 2.62. The van der Waals surface area contributed by atoms with Crippen LogP contribution in [0.3, 0.4) is 0 Å². The van der Waals surface area contributed by atoms with E-state index in [4.69, 9.17) is 39.5 Å². The largest absolute Gasteiger partial charge is 0.507 e. The highest BCUT2D eigenvalue weighted by atomic mass is 35.5. The van der Waals surface area contributed by atoms with Gasteiger partial charge in [0.05, 0.1) is 11.2 Å². The van der Waals surface area contributed by atoms with Gasteiger partial charge in [0.25, 0.3) is 5.91 Å². The van der Waals surface area contributed by atoms with Gasteiger partial charge in [-0.25, -0.2) is 5.43 Å². The Balaban J connectivity index is 1.59. The number of nitrogens with one attached hydrogen (secondary N) is 1. The molecule has 0 aromatic heterocycles. The van der Waals surface area contributed by atoms with Crippen molar-refractivity contribution in [2.45, 2.75) is 6.42 Å². The third kappa shape index (κ3) is 6.13. The van der Waals surface area contributed by atoms with Crippen LogP contribution in [0.15, 0.2) is 65.8 Å². The van der Waals surface area contributed by atoms with E-state index < -0.39 is 5.91 Å². The summed E-state index contributed by atoms with van der Waals surface area (Å²) in [5.41, 5.74) is 4.70. The number of hydrogen-bond donors (Lipinski definition) is 2. The first-order chi connectivity index (χ1) is 14.4. The van der Waals surface area contributed by atoms with Crippen molar-refractivity contribution in [1.29, 1.82) is 0 Å². The zero-order valence-corrected chi connectivity index (χ0v) is 17.9. The number of carbonyl (C=O) groups excluding carboxylic acids is 1. The Bertz CT molecular complexity index is 1090. The number of halogens is 3. The van der Waals surface area contributed by atoms with E-state index in [0.29, 0.717) is 32.8 Å². The van der Waals surface area contributed by atoms with E-state index in [9.17, 15) is 9.90 Å². The van der Waals surface area contributed by atoms with E-state index in [1.54, 1.807) is 30.3 Å². The summed E-state index contributed by atoms with van der Waals surface area (Å²) >= 11 is 18.1. The molecule has 3 aromatic carbocycles. The van der Waals surface area contributed by atoms with Crippen LogP contribution < -0.4 is 10.2 Å². The number of amides is 1. The van der Waals surface area contributed by atoms with E-state index >= 15 is 0 Å². The van der Waals surface area contributed by atoms with Crippen molar-refractivity contribution >= 4 is 46.9 Å². The third-order valence-electron chi connectivity index (χ3n) is 4.09. The Labute approximate surface area is 188 Å². The lowest BCUT2D eigenvalue weighted by Gasteiger charge is -2.08. The van der Waals surface area contributed by atoms with Crippen LogP contribution in [0, 0.1) is 0 Å². The van der Waals surface area contributed by atoms with Crippen molar-refractivity contribution in [3.05, 3.63) is 92.4 Å². The number of carbonyl (C=O) groups is 1. The minimum absolute atomic E-state index is 0.0397. The predicted octanol–water partition coefficient (Wildman–Crippen LogP) is 5.47. The summed E-state index contributed by atoms with van der Waals surface area (Å²) in [5, 5.41) is 15.4. The average molecular weight is 464 g/mol. The summed E-state index contributed by atoms with van der Waals surface area (Å²) in [6.45, 7) is -0.296. The number of nitrogens with zero attached hydrogens (tertiary/aromatic N) is 1. The zero-order chi connectivity index (χ0) is 21.5. The standard InChI is InChI=1S/C22H17Cl3N2O3/c23-17-6-7-19(25)21(11-17)30-13-22(29)27-26-12-16-10-14(5-8-20(16)28)9-15-3-1-2-4-18(15)24/h1-8,10-12,28H,9,13H2,(H,27,29). The summed E-state index contributed by atoms with van der Waals surface area (Å²) in [6.07, 6.45) is 1.96. The summed E-state index contributed by atoms with van der Waals surface area (Å²) in [7, 11) is 0. The van der Waals surface area contributed by atoms with Crippen molar-refractivity contribution in [1.82, 2.24) is 5.43 Å². The molecule has 154 valence electrons. The van der Waals surface area contributed by atoms with Gasteiger partial charge in [0, 0.05) is 21.7 Å². The summed E-state index contributed by atoms with van der Waals surface area (Å²) in [4.78, 5) is 11.9. The zero-order valence-electron chi connectivity index (χ0n) is 15.6. The number of benzene rings is 3. The second-order valence-corrected chi connectivity index (χ2v) is 7.57. The molecule has 0 fully saturated rings. The molecule has 0 bridgehead atoms. The van der Waals surface area contributed by atoms with Crippen LogP contribution in [-0.2, 0) is 11.2 Å². The van der Waals surface area contributed by atoms with Crippen molar-refractivity contribution in [2.75, 3.05) is 6.61 Å². The molecule has 0 aliphatic rings. The minimum atomic E-state index is -0.492. The maximum Gasteiger partial charge on any atom is 0.277 e. The highest BCUT2D eigenvalue weighted by molar-refractivity contribution is 6.34. The lowest BCUT2D eigenvalue weighted by molar-refractivity contribution is -0.123. The summed E-state index contributed by atoms with van der Waals surface area (Å²) in [5.74, 6) is -0.153. The lowest BCUT2D eigenvalue weighted by Crippen LogP contribution is -2.24. The van der Waals surface area contributed by atoms with Crippen molar-refractivity contribution in [2.24, 2.45) is 5.10 Å². The maximum atomic E-state index is 11.9. The Morgan fingerprint density at radius 1 is 1.03 bits per heavy atom. The second-order valence-electron chi connectivity index (χ2n) is 6.32. The minimum Gasteiger partial charge on any atom is -0.507 e. The molecule has 0 saturated carbocycles. The molecule has 2 N–H and O–H groups in total. The quantitative estimate of drug-likeness (QED) is 0.360. The van der Waals surface area contributed by atoms with Gasteiger partial charge in [0.15, 0.2) is 6.61 Å². The van der Waals surface area contributed by atoms with Crippen LogP contribution >= 0.6 is 34.8 Å². The SMILES string of the molecule is O=C(COc1cc(Cl)ccc1Cl)NN=Cc1cc(Cc2ccccc2Cl)ccc1O. The van der Waals surface area contributed by atoms with Crippen LogP contribution in [0.4, 0.5) is 0 Å². The van der Waals surface area contributed by atoms with E-state index in [2.05, 4.69) is 10.5 Å². The fourth-order valence-corrected chi connectivity index (χ4v) is 3.15. The number of phenolic OH excluding ortho intramolecular Hbond substituents is 1. The van der Waals surface area contributed by atoms with Crippen LogP contribution in [0.1, 0.15) is 16.7 Å². The number of hydrogen-bond acceptors (Lipinski definition) is 4. The molecule has 0 aliphatic carbocycles. The van der Waals surface area contributed by atoms with Crippen LogP contribution in [-0.4, -0.2) is 23.8 Å². The number of aromatic hydroxyl groups is 1. The molecule has 0 saturated heterocycles. The molecule has 0 unspecified atom stereocenters. The summed E-state index contributed by atoms with van der Waals surface area (Å²) in [6, 6.07) is 17.4. The van der Waals surface area contributed by atoms with E-state index in [1.165, 1.54) is 12.3 Å². The van der Waals surface area contributed by atoms with Crippen molar-refractivity contribution < 1.29 is 14.6 Å². The first-order valence-electron chi connectivity index (χ1n) is 8.87. The van der Waals surface area contributed by atoms with E-state index in [-0.39, 0.29) is 12.4 Å². The number of hydrazone groups is 1.